The van der Waals surface area contributed by atoms with Crippen LogP contribution in [0.5, 0.6) is 5.75 Å². The Bertz CT molecular complexity index is 553. The number of hydrogen-bond donors (Lipinski definition) is 1. The van der Waals surface area contributed by atoms with E-state index in [-0.39, 0.29) is 18.1 Å². The quantitative estimate of drug-likeness (QED) is 0.831. The molecule has 23 heavy (non-hydrogen) atoms. The second-order valence-electron chi connectivity index (χ2n) is 6.43. The van der Waals surface area contributed by atoms with Crippen molar-refractivity contribution in [1.29, 1.82) is 0 Å². The highest BCUT2D eigenvalue weighted by atomic mass is 32.2. The van der Waals surface area contributed by atoms with Crippen LogP contribution in [0.15, 0.2) is 24.3 Å². The van der Waals surface area contributed by atoms with Gasteiger partial charge in [0.25, 0.3) is 0 Å². The van der Waals surface area contributed by atoms with E-state index >= 15 is 0 Å². The number of hydrogen-bond acceptors (Lipinski definition) is 3. The molecule has 0 aliphatic heterocycles. The van der Waals surface area contributed by atoms with Crippen molar-refractivity contribution in [3.05, 3.63) is 29.8 Å². The molecule has 1 aromatic rings. The molecule has 1 aliphatic rings. The normalized spacial score (nSPS) is 17.9. The van der Waals surface area contributed by atoms with Crippen LogP contribution >= 0.6 is 0 Å². The Balaban J connectivity index is 1.96. The average Bonchev–Trinajstić information content (AvgIpc) is 3.00. The lowest BCUT2D eigenvalue weighted by molar-refractivity contribution is -0.121. The fourth-order valence-electron chi connectivity index (χ4n) is 2.78. The van der Waals surface area contributed by atoms with E-state index < -0.39 is 16.0 Å². The van der Waals surface area contributed by atoms with E-state index in [0.29, 0.717) is 5.75 Å². The van der Waals surface area contributed by atoms with Crippen LogP contribution in [-0.2, 0) is 21.3 Å². The summed E-state index contributed by atoms with van der Waals surface area (Å²) < 4.78 is 18.3. The fraction of sp³-hybridized carbons (Fsp3) is 0.611. The molecule has 0 saturated heterocycles. The van der Waals surface area contributed by atoms with Gasteiger partial charge in [0.1, 0.15) is 11.0 Å². The Morgan fingerprint density at radius 2 is 1.91 bits per heavy atom. The average molecular weight is 337 g/mol. The molecule has 5 heteroatoms. The van der Waals surface area contributed by atoms with Gasteiger partial charge in [-0.25, -0.2) is 0 Å². The van der Waals surface area contributed by atoms with Crippen LogP contribution in [0.4, 0.5) is 0 Å². The molecule has 0 heterocycles. The summed E-state index contributed by atoms with van der Waals surface area (Å²) in [6, 6.07) is 7.87. The van der Waals surface area contributed by atoms with Crippen molar-refractivity contribution in [2.45, 2.75) is 69.6 Å². The van der Waals surface area contributed by atoms with Gasteiger partial charge in [0.05, 0.1) is 11.9 Å². The third kappa shape index (κ3) is 5.34. The molecule has 0 aromatic heterocycles. The number of nitrogens with one attached hydrogen (secondary N) is 1. The maximum Gasteiger partial charge on any atom is 0.235 e. The Kier molecular flexibility index (Phi) is 6.63. The Hall–Kier alpha value is -1.36. The minimum absolute atomic E-state index is 0.0627. The van der Waals surface area contributed by atoms with Crippen LogP contribution in [0.25, 0.3) is 0 Å². The first kappa shape index (κ1) is 18.0. The zero-order valence-corrected chi connectivity index (χ0v) is 15.0. The molecular formula is C18H27NO3S. The van der Waals surface area contributed by atoms with E-state index in [1.807, 2.05) is 38.1 Å². The number of rotatable bonds is 7. The summed E-state index contributed by atoms with van der Waals surface area (Å²) in [5.74, 6) is 0.985. The third-order valence-electron chi connectivity index (χ3n) is 4.10. The number of ether oxygens (including phenoxy) is 1. The molecule has 0 bridgehead atoms. The van der Waals surface area contributed by atoms with Crippen LogP contribution in [-0.4, -0.2) is 27.5 Å². The smallest absolute Gasteiger partial charge is 0.235 e. The van der Waals surface area contributed by atoms with Crippen molar-refractivity contribution >= 4 is 16.7 Å². The summed E-state index contributed by atoms with van der Waals surface area (Å²) in [4.78, 5) is 12.3. The van der Waals surface area contributed by atoms with Crippen molar-refractivity contribution in [2.24, 2.45) is 0 Å². The molecule has 2 atom stereocenters. The van der Waals surface area contributed by atoms with Gasteiger partial charge in [0.2, 0.25) is 5.91 Å². The first-order valence-corrected chi connectivity index (χ1v) is 9.77. The fourth-order valence-corrected chi connectivity index (χ4v) is 3.88. The summed E-state index contributed by atoms with van der Waals surface area (Å²) in [6.07, 6.45) is 4.48. The second kappa shape index (κ2) is 8.48. The van der Waals surface area contributed by atoms with Gasteiger partial charge in [0.15, 0.2) is 0 Å². The first-order chi connectivity index (χ1) is 11.0. The Morgan fingerprint density at radius 3 is 2.57 bits per heavy atom. The lowest BCUT2D eigenvalue weighted by Gasteiger charge is -2.18. The molecule has 0 radical (unpaired) electrons. The van der Waals surface area contributed by atoms with E-state index in [4.69, 9.17) is 4.74 Å². The van der Waals surface area contributed by atoms with Crippen molar-refractivity contribution in [2.75, 3.05) is 0 Å². The molecule has 1 saturated carbocycles. The molecule has 1 N–H and O–H groups in total. The molecule has 128 valence electrons. The summed E-state index contributed by atoms with van der Waals surface area (Å²) in [5, 5.41) is 2.52. The maximum atomic E-state index is 12.6. The Labute approximate surface area is 141 Å². The summed E-state index contributed by atoms with van der Waals surface area (Å²) in [5.41, 5.74) is 0.889. The standard InChI is InChI=1S/C18H27NO3S/c1-13(2)22-17-11-7-4-8-15(17)12-23(21)14(3)18(20)19-16-9-5-6-10-16/h4,7-8,11,13-14,16H,5-6,9-10,12H2,1-3H3,(H,19,20)/t14-,23-/m0/s1. The molecular weight excluding hydrogens is 310 g/mol. The molecule has 1 aliphatic carbocycles. The van der Waals surface area contributed by atoms with Gasteiger partial charge in [-0.05, 0) is 39.7 Å². The zero-order chi connectivity index (χ0) is 16.8. The monoisotopic (exact) mass is 337 g/mol. The predicted octanol–water partition coefficient (Wildman–Crippen LogP) is 3.17. The SMILES string of the molecule is CC(C)Oc1ccccc1C[S@](=O)[C@@H](C)C(=O)NC1CCCC1. The van der Waals surface area contributed by atoms with Crippen LogP contribution in [0.3, 0.4) is 0 Å². The lowest BCUT2D eigenvalue weighted by Crippen LogP contribution is -2.40. The molecule has 2 rings (SSSR count). The number of benzene rings is 1. The van der Waals surface area contributed by atoms with Gasteiger partial charge < -0.3 is 10.1 Å². The van der Waals surface area contributed by atoms with Gasteiger partial charge in [-0.15, -0.1) is 0 Å². The van der Waals surface area contributed by atoms with Crippen molar-refractivity contribution in [3.63, 3.8) is 0 Å². The number of amides is 1. The predicted molar refractivity (Wildman–Crippen MR) is 93.9 cm³/mol. The van der Waals surface area contributed by atoms with E-state index in [2.05, 4.69) is 5.32 Å². The van der Waals surface area contributed by atoms with E-state index in [0.717, 1.165) is 24.2 Å². The van der Waals surface area contributed by atoms with E-state index in [1.165, 1.54) is 12.8 Å². The van der Waals surface area contributed by atoms with Crippen LogP contribution < -0.4 is 10.1 Å². The van der Waals surface area contributed by atoms with Gasteiger partial charge >= 0.3 is 0 Å². The highest BCUT2D eigenvalue weighted by molar-refractivity contribution is 7.85. The molecule has 1 amide bonds. The number of carbonyl (C=O) groups is 1. The highest BCUT2D eigenvalue weighted by Crippen LogP contribution is 2.22. The van der Waals surface area contributed by atoms with Crippen molar-refractivity contribution in [1.82, 2.24) is 5.32 Å². The van der Waals surface area contributed by atoms with Gasteiger partial charge in [-0.3, -0.25) is 9.00 Å². The molecule has 1 aromatic carbocycles. The third-order valence-corrected chi connectivity index (χ3v) is 5.70. The molecule has 0 unspecified atom stereocenters. The van der Waals surface area contributed by atoms with Gasteiger partial charge in [-0.2, -0.15) is 0 Å². The summed E-state index contributed by atoms with van der Waals surface area (Å²) in [7, 11) is -1.26. The highest BCUT2D eigenvalue weighted by Gasteiger charge is 2.25. The summed E-state index contributed by atoms with van der Waals surface area (Å²) >= 11 is 0. The van der Waals surface area contributed by atoms with Crippen LogP contribution in [0, 0.1) is 0 Å². The topological polar surface area (TPSA) is 55.4 Å². The number of para-hydroxylation sites is 1. The van der Waals surface area contributed by atoms with Crippen molar-refractivity contribution in [3.8, 4) is 5.75 Å². The zero-order valence-electron chi connectivity index (χ0n) is 14.2. The summed E-state index contributed by atoms with van der Waals surface area (Å²) in [6.45, 7) is 5.67. The van der Waals surface area contributed by atoms with Crippen molar-refractivity contribution < 1.29 is 13.7 Å². The minimum atomic E-state index is -1.26. The maximum absolute atomic E-state index is 12.6. The molecule has 0 spiro atoms. The molecule has 4 nitrogen and oxygen atoms in total. The minimum Gasteiger partial charge on any atom is -0.491 e. The largest absolute Gasteiger partial charge is 0.491 e. The Morgan fingerprint density at radius 1 is 1.26 bits per heavy atom. The van der Waals surface area contributed by atoms with E-state index in [9.17, 15) is 9.00 Å². The van der Waals surface area contributed by atoms with Crippen LogP contribution in [0.2, 0.25) is 0 Å². The van der Waals surface area contributed by atoms with Gasteiger partial charge in [0, 0.05) is 22.4 Å². The molecule has 1 fully saturated rings. The van der Waals surface area contributed by atoms with Gasteiger partial charge in [-0.1, -0.05) is 31.0 Å². The number of carbonyl (C=O) groups excluding carboxylic acids is 1. The van der Waals surface area contributed by atoms with Crippen LogP contribution in [0.1, 0.15) is 52.0 Å². The lowest BCUT2D eigenvalue weighted by atomic mass is 10.2. The second-order valence-corrected chi connectivity index (χ2v) is 8.19. The first-order valence-electron chi connectivity index (χ1n) is 8.39. The van der Waals surface area contributed by atoms with E-state index in [1.54, 1.807) is 6.92 Å².